The standard InChI is InChI=1S/C22H26N2O2/c1-18-7-9-19(10-8-18)11-12-22(25)23-15-21-17-24(13-14-26-21)16-20-5-3-2-4-6-20/h2-12,21H,13-17H2,1H3,(H,23,25)/b12-11+. The second kappa shape index (κ2) is 9.32. The molecule has 1 N–H and O–H groups in total. The van der Waals surface area contributed by atoms with Gasteiger partial charge in [-0.2, -0.15) is 0 Å². The van der Waals surface area contributed by atoms with Gasteiger partial charge in [0, 0.05) is 32.3 Å². The van der Waals surface area contributed by atoms with Gasteiger partial charge in [-0.3, -0.25) is 9.69 Å². The second-order valence-corrected chi connectivity index (χ2v) is 6.70. The number of rotatable bonds is 6. The number of hydrogen-bond donors (Lipinski definition) is 1. The van der Waals surface area contributed by atoms with E-state index in [9.17, 15) is 4.79 Å². The molecule has 1 saturated heterocycles. The van der Waals surface area contributed by atoms with Crippen LogP contribution >= 0.6 is 0 Å². The average Bonchev–Trinajstić information content (AvgIpc) is 2.67. The van der Waals surface area contributed by atoms with Crippen molar-refractivity contribution >= 4 is 12.0 Å². The van der Waals surface area contributed by atoms with Gasteiger partial charge in [0.25, 0.3) is 0 Å². The van der Waals surface area contributed by atoms with E-state index >= 15 is 0 Å². The highest BCUT2D eigenvalue weighted by Crippen LogP contribution is 2.10. The third-order valence-corrected chi connectivity index (χ3v) is 4.48. The quantitative estimate of drug-likeness (QED) is 0.814. The molecule has 0 aliphatic carbocycles. The summed E-state index contributed by atoms with van der Waals surface area (Å²) in [4.78, 5) is 14.4. The molecule has 136 valence electrons. The first kappa shape index (κ1) is 18.4. The van der Waals surface area contributed by atoms with Crippen molar-refractivity contribution in [3.8, 4) is 0 Å². The van der Waals surface area contributed by atoms with E-state index in [1.807, 2.05) is 43.3 Å². The Bertz CT molecular complexity index is 726. The van der Waals surface area contributed by atoms with Crippen molar-refractivity contribution in [3.63, 3.8) is 0 Å². The third-order valence-electron chi connectivity index (χ3n) is 4.48. The molecule has 26 heavy (non-hydrogen) atoms. The summed E-state index contributed by atoms with van der Waals surface area (Å²) in [7, 11) is 0. The van der Waals surface area contributed by atoms with Gasteiger partial charge in [0.1, 0.15) is 0 Å². The fourth-order valence-electron chi connectivity index (χ4n) is 3.01. The highest BCUT2D eigenvalue weighted by molar-refractivity contribution is 5.91. The SMILES string of the molecule is Cc1ccc(/C=C/C(=O)NCC2CN(Cc3ccccc3)CCO2)cc1. The summed E-state index contributed by atoms with van der Waals surface area (Å²) in [5.74, 6) is -0.0886. The molecule has 2 aromatic carbocycles. The first-order chi connectivity index (χ1) is 12.7. The fraction of sp³-hybridized carbons (Fsp3) is 0.318. The maximum absolute atomic E-state index is 12.0. The lowest BCUT2D eigenvalue weighted by atomic mass is 10.1. The summed E-state index contributed by atoms with van der Waals surface area (Å²) < 4.78 is 5.79. The van der Waals surface area contributed by atoms with Crippen LogP contribution < -0.4 is 5.32 Å². The minimum atomic E-state index is -0.0886. The second-order valence-electron chi connectivity index (χ2n) is 6.70. The van der Waals surface area contributed by atoms with E-state index in [-0.39, 0.29) is 12.0 Å². The van der Waals surface area contributed by atoms with Crippen molar-refractivity contribution in [2.24, 2.45) is 0 Å². The topological polar surface area (TPSA) is 41.6 Å². The number of carbonyl (C=O) groups excluding carboxylic acids is 1. The lowest BCUT2D eigenvalue weighted by Crippen LogP contribution is -2.46. The molecule has 1 fully saturated rings. The Morgan fingerprint density at radius 1 is 1.19 bits per heavy atom. The molecule has 0 aromatic heterocycles. The smallest absolute Gasteiger partial charge is 0.244 e. The summed E-state index contributed by atoms with van der Waals surface area (Å²) in [6.07, 6.45) is 3.44. The number of nitrogens with one attached hydrogen (secondary N) is 1. The number of morpholine rings is 1. The highest BCUT2D eigenvalue weighted by atomic mass is 16.5. The van der Waals surface area contributed by atoms with Crippen LogP contribution in [0.1, 0.15) is 16.7 Å². The zero-order chi connectivity index (χ0) is 18.2. The molecule has 1 aliphatic rings. The van der Waals surface area contributed by atoms with Gasteiger partial charge >= 0.3 is 0 Å². The Hall–Kier alpha value is -2.43. The third kappa shape index (κ3) is 5.83. The van der Waals surface area contributed by atoms with Crippen LogP contribution in [-0.2, 0) is 16.1 Å². The summed E-state index contributed by atoms with van der Waals surface area (Å²) >= 11 is 0. The minimum absolute atomic E-state index is 0.0317. The van der Waals surface area contributed by atoms with Gasteiger partial charge in [0.05, 0.1) is 12.7 Å². The van der Waals surface area contributed by atoms with Crippen LogP contribution in [0, 0.1) is 6.92 Å². The van der Waals surface area contributed by atoms with Crippen LogP contribution in [0.5, 0.6) is 0 Å². The molecule has 1 unspecified atom stereocenters. The van der Waals surface area contributed by atoms with Gasteiger partial charge in [-0.15, -0.1) is 0 Å². The molecule has 1 amide bonds. The Balaban J connectivity index is 1.43. The summed E-state index contributed by atoms with van der Waals surface area (Å²) in [6, 6.07) is 18.5. The molecule has 1 aliphatic heterocycles. The lowest BCUT2D eigenvalue weighted by molar-refractivity contribution is -0.117. The maximum atomic E-state index is 12.0. The summed E-state index contributed by atoms with van der Waals surface area (Å²) in [6.45, 7) is 5.95. The number of benzene rings is 2. The van der Waals surface area contributed by atoms with E-state index in [0.29, 0.717) is 13.2 Å². The molecule has 1 atom stereocenters. The molecule has 1 heterocycles. The van der Waals surface area contributed by atoms with E-state index < -0.39 is 0 Å². The molecule has 4 heteroatoms. The van der Waals surface area contributed by atoms with Crippen LogP contribution in [0.4, 0.5) is 0 Å². The van der Waals surface area contributed by atoms with Crippen LogP contribution in [0.2, 0.25) is 0 Å². The molecule has 3 rings (SSSR count). The van der Waals surface area contributed by atoms with Gasteiger partial charge in [0.15, 0.2) is 0 Å². The van der Waals surface area contributed by atoms with Crippen molar-refractivity contribution in [2.45, 2.75) is 19.6 Å². The summed E-state index contributed by atoms with van der Waals surface area (Å²) in [5, 5.41) is 2.94. The van der Waals surface area contributed by atoms with Crippen LogP contribution in [-0.4, -0.2) is 43.2 Å². The first-order valence-corrected chi connectivity index (χ1v) is 9.09. The molecule has 2 aromatic rings. The van der Waals surface area contributed by atoms with Gasteiger partial charge in [0.2, 0.25) is 5.91 Å². The van der Waals surface area contributed by atoms with Crippen molar-refractivity contribution < 1.29 is 9.53 Å². The van der Waals surface area contributed by atoms with Gasteiger partial charge in [-0.25, -0.2) is 0 Å². The predicted molar refractivity (Wildman–Crippen MR) is 105 cm³/mol. The number of amides is 1. The molecule has 0 saturated carbocycles. The summed E-state index contributed by atoms with van der Waals surface area (Å²) in [5.41, 5.74) is 3.54. The lowest BCUT2D eigenvalue weighted by Gasteiger charge is -2.33. The Kier molecular flexibility index (Phi) is 6.58. The maximum Gasteiger partial charge on any atom is 0.244 e. The van der Waals surface area contributed by atoms with Crippen LogP contribution in [0.15, 0.2) is 60.7 Å². The van der Waals surface area contributed by atoms with Gasteiger partial charge in [-0.05, 0) is 24.1 Å². The number of nitrogens with zero attached hydrogens (tertiary/aromatic N) is 1. The Morgan fingerprint density at radius 2 is 1.96 bits per heavy atom. The Morgan fingerprint density at radius 3 is 2.73 bits per heavy atom. The fourth-order valence-corrected chi connectivity index (χ4v) is 3.01. The number of carbonyl (C=O) groups is 1. The molecular weight excluding hydrogens is 324 g/mol. The molecular formula is C22H26N2O2. The van der Waals surface area contributed by atoms with Gasteiger partial charge < -0.3 is 10.1 Å². The van der Waals surface area contributed by atoms with E-state index in [4.69, 9.17) is 4.74 Å². The van der Waals surface area contributed by atoms with Crippen LogP contribution in [0.3, 0.4) is 0 Å². The zero-order valence-electron chi connectivity index (χ0n) is 15.2. The monoisotopic (exact) mass is 350 g/mol. The van der Waals surface area contributed by atoms with Crippen molar-refractivity contribution in [3.05, 3.63) is 77.4 Å². The number of ether oxygens (including phenoxy) is 1. The van der Waals surface area contributed by atoms with Gasteiger partial charge in [-0.1, -0.05) is 60.2 Å². The number of aryl methyl sites for hydroxylation is 1. The molecule has 4 nitrogen and oxygen atoms in total. The first-order valence-electron chi connectivity index (χ1n) is 9.09. The van der Waals surface area contributed by atoms with E-state index in [1.165, 1.54) is 11.1 Å². The van der Waals surface area contributed by atoms with E-state index in [2.05, 4.69) is 34.5 Å². The largest absolute Gasteiger partial charge is 0.374 e. The van der Waals surface area contributed by atoms with Crippen molar-refractivity contribution in [2.75, 3.05) is 26.2 Å². The van der Waals surface area contributed by atoms with Crippen molar-refractivity contribution in [1.29, 1.82) is 0 Å². The van der Waals surface area contributed by atoms with Crippen LogP contribution in [0.25, 0.3) is 6.08 Å². The highest BCUT2D eigenvalue weighted by Gasteiger charge is 2.20. The molecule has 0 bridgehead atoms. The molecule has 0 radical (unpaired) electrons. The van der Waals surface area contributed by atoms with E-state index in [1.54, 1.807) is 6.08 Å². The zero-order valence-corrected chi connectivity index (χ0v) is 15.2. The number of hydrogen-bond acceptors (Lipinski definition) is 3. The van der Waals surface area contributed by atoms with E-state index in [0.717, 1.165) is 25.2 Å². The molecule has 0 spiro atoms. The average molecular weight is 350 g/mol. The Labute approximate surface area is 155 Å². The van der Waals surface area contributed by atoms with Crippen molar-refractivity contribution in [1.82, 2.24) is 10.2 Å². The predicted octanol–water partition coefficient (Wildman–Crippen LogP) is 3.03. The normalized spacial score (nSPS) is 18.1. The minimum Gasteiger partial charge on any atom is -0.374 e.